The lowest BCUT2D eigenvalue weighted by molar-refractivity contribution is 0.0480. The zero-order valence-corrected chi connectivity index (χ0v) is 14.0. The summed E-state index contributed by atoms with van der Waals surface area (Å²) >= 11 is 0. The molecule has 2 nitrogen and oxygen atoms in total. The van der Waals surface area contributed by atoms with Gasteiger partial charge in [-0.05, 0) is 67.1 Å². The van der Waals surface area contributed by atoms with Gasteiger partial charge in [0, 0.05) is 0 Å². The molecule has 0 fully saturated rings. The highest BCUT2D eigenvalue weighted by Gasteiger charge is 2.30. The van der Waals surface area contributed by atoms with E-state index in [0.717, 1.165) is 21.9 Å². The summed E-state index contributed by atoms with van der Waals surface area (Å²) in [6, 6.07) is 21.2. The summed E-state index contributed by atoms with van der Waals surface area (Å²) < 4.78 is 0. The fraction of sp³-hybridized carbons (Fsp3) is 0.0833. The van der Waals surface area contributed by atoms with Gasteiger partial charge in [0.05, 0.1) is 0 Å². The van der Waals surface area contributed by atoms with Gasteiger partial charge in [-0.2, -0.15) is 0 Å². The molecule has 124 valence electrons. The standard InChI is InChI=1S/C24H16O2/c25-20-10-9-14-12-18-16-7-3-4-8-17(16)22-15-6-2-1-5-13(15)11-19(23(18)22)21(14)24(20)26/h1-12,20,24-26H. The number of aliphatic hydroxyl groups excluding tert-OH is 2. The lowest BCUT2D eigenvalue weighted by atomic mass is 9.85. The predicted molar refractivity (Wildman–Crippen MR) is 106 cm³/mol. The first-order chi connectivity index (χ1) is 12.7. The average molecular weight is 336 g/mol. The minimum absolute atomic E-state index is 0.832. The first kappa shape index (κ1) is 14.3. The monoisotopic (exact) mass is 336 g/mol. The van der Waals surface area contributed by atoms with Gasteiger partial charge in [-0.1, -0.05) is 60.7 Å². The molecule has 6 rings (SSSR count). The van der Waals surface area contributed by atoms with Crippen molar-refractivity contribution in [3.63, 3.8) is 0 Å². The lowest BCUT2D eigenvalue weighted by Crippen LogP contribution is -2.19. The normalized spacial score (nSPS) is 19.8. The molecule has 2 unspecified atom stereocenters. The van der Waals surface area contributed by atoms with Gasteiger partial charge in [0.2, 0.25) is 0 Å². The second-order valence-electron chi connectivity index (χ2n) is 7.16. The van der Waals surface area contributed by atoms with E-state index in [1.165, 1.54) is 33.0 Å². The van der Waals surface area contributed by atoms with Gasteiger partial charge >= 0.3 is 0 Å². The molecule has 0 amide bonds. The third-order valence-electron chi connectivity index (χ3n) is 5.80. The zero-order chi connectivity index (χ0) is 17.4. The third-order valence-corrected chi connectivity index (χ3v) is 5.80. The highest BCUT2D eigenvalue weighted by atomic mass is 16.3. The van der Waals surface area contributed by atoms with Crippen molar-refractivity contribution in [3.8, 4) is 22.3 Å². The fourth-order valence-corrected chi connectivity index (χ4v) is 4.68. The van der Waals surface area contributed by atoms with Crippen LogP contribution in [0.15, 0.2) is 66.7 Å². The number of hydrogen-bond acceptors (Lipinski definition) is 2. The van der Waals surface area contributed by atoms with Crippen molar-refractivity contribution in [3.05, 3.63) is 77.9 Å². The fourth-order valence-electron chi connectivity index (χ4n) is 4.68. The summed E-state index contributed by atoms with van der Waals surface area (Å²) in [7, 11) is 0. The second-order valence-corrected chi connectivity index (χ2v) is 7.16. The van der Waals surface area contributed by atoms with Crippen molar-refractivity contribution >= 4 is 27.6 Å². The molecule has 0 spiro atoms. The van der Waals surface area contributed by atoms with Crippen LogP contribution < -0.4 is 0 Å². The SMILES string of the molecule is OC1C=Cc2cc3c4c(c5ccccc5cc4c2C1O)-c1ccccc1-3. The van der Waals surface area contributed by atoms with E-state index in [0.29, 0.717) is 0 Å². The summed E-state index contributed by atoms with van der Waals surface area (Å²) in [5, 5.41) is 25.5. The molecular formula is C24H16O2. The largest absolute Gasteiger partial charge is 0.386 e. The summed E-state index contributed by atoms with van der Waals surface area (Å²) in [6.07, 6.45) is 1.84. The summed E-state index contributed by atoms with van der Waals surface area (Å²) in [6.45, 7) is 0. The van der Waals surface area contributed by atoms with Gasteiger partial charge in [0.1, 0.15) is 12.2 Å². The van der Waals surface area contributed by atoms with Crippen LogP contribution in [0.2, 0.25) is 0 Å². The first-order valence-electron chi connectivity index (χ1n) is 8.90. The number of benzene rings is 4. The number of aliphatic hydroxyl groups is 2. The molecule has 0 aliphatic heterocycles. The summed E-state index contributed by atoms with van der Waals surface area (Å²) in [5.41, 5.74) is 6.75. The molecular weight excluding hydrogens is 320 g/mol. The van der Waals surface area contributed by atoms with Gasteiger partial charge in [-0.25, -0.2) is 0 Å². The van der Waals surface area contributed by atoms with Crippen LogP contribution in [0.3, 0.4) is 0 Å². The molecule has 2 heteroatoms. The summed E-state index contributed by atoms with van der Waals surface area (Å²) in [5.74, 6) is 0. The van der Waals surface area contributed by atoms with E-state index in [-0.39, 0.29) is 0 Å². The average Bonchev–Trinajstić information content (AvgIpc) is 3.01. The molecule has 0 heterocycles. The van der Waals surface area contributed by atoms with E-state index < -0.39 is 12.2 Å². The van der Waals surface area contributed by atoms with Crippen LogP contribution >= 0.6 is 0 Å². The van der Waals surface area contributed by atoms with Crippen molar-refractivity contribution < 1.29 is 10.2 Å². The van der Waals surface area contributed by atoms with Crippen LogP contribution in [0.25, 0.3) is 49.9 Å². The molecule has 2 N–H and O–H groups in total. The molecule has 26 heavy (non-hydrogen) atoms. The smallest absolute Gasteiger partial charge is 0.110 e. The Bertz CT molecular complexity index is 1270. The molecule has 0 saturated heterocycles. The zero-order valence-electron chi connectivity index (χ0n) is 14.0. The highest BCUT2D eigenvalue weighted by molar-refractivity contribution is 6.25. The Morgan fingerprint density at radius 3 is 2.38 bits per heavy atom. The minimum atomic E-state index is -0.901. The van der Waals surface area contributed by atoms with E-state index in [2.05, 4.69) is 54.6 Å². The third kappa shape index (κ3) is 1.63. The van der Waals surface area contributed by atoms with Crippen molar-refractivity contribution in [2.24, 2.45) is 0 Å². The molecule has 2 aliphatic rings. The van der Waals surface area contributed by atoms with Gasteiger partial charge in [0.25, 0.3) is 0 Å². The quantitative estimate of drug-likeness (QED) is 0.388. The van der Waals surface area contributed by atoms with Gasteiger partial charge in [-0.3, -0.25) is 0 Å². The molecule has 2 atom stereocenters. The van der Waals surface area contributed by atoms with E-state index in [9.17, 15) is 10.2 Å². The number of rotatable bonds is 0. The van der Waals surface area contributed by atoms with Crippen LogP contribution in [0.1, 0.15) is 17.2 Å². The van der Waals surface area contributed by atoms with Crippen LogP contribution in [-0.4, -0.2) is 16.3 Å². The van der Waals surface area contributed by atoms with Crippen LogP contribution in [0.4, 0.5) is 0 Å². The van der Waals surface area contributed by atoms with Crippen LogP contribution in [0.5, 0.6) is 0 Å². The first-order valence-corrected chi connectivity index (χ1v) is 8.90. The predicted octanol–water partition coefficient (Wildman–Crippen LogP) is 5.06. The Labute approximate surface area is 150 Å². The number of fused-ring (bicyclic) bond motifs is 7. The van der Waals surface area contributed by atoms with Crippen molar-refractivity contribution in [1.82, 2.24) is 0 Å². The van der Waals surface area contributed by atoms with Crippen molar-refractivity contribution in [2.75, 3.05) is 0 Å². The maximum absolute atomic E-state index is 10.7. The molecule has 0 radical (unpaired) electrons. The number of hydrogen-bond donors (Lipinski definition) is 2. The van der Waals surface area contributed by atoms with Crippen LogP contribution in [-0.2, 0) is 0 Å². The highest BCUT2D eigenvalue weighted by Crippen LogP contribution is 2.53. The molecule has 4 aromatic carbocycles. The van der Waals surface area contributed by atoms with Crippen molar-refractivity contribution in [2.45, 2.75) is 12.2 Å². The Morgan fingerprint density at radius 2 is 1.50 bits per heavy atom. The Morgan fingerprint density at radius 1 is 0.731 bits per heavy atom. The van der Waals surface area contributed by atoms with Crippen molar-refractivity contribution in [1.29, 1.82) is 0 Å². The van der Waals surface area contributed by atoms with Crippen LogP contribution in [0, 0.1) is 0 Å². The Hall–Kier alpha value is -2.94. The Kier molecular flexibility index (Phi) is 2.64. The molecule has 0 saturated carbocycles. The second kappa shape index (κ2) is 4.82. The van der Waals surface area contributed by atoms with E-state index >= 15 is 0 Å². The molecule has 0 aromatic heterocycles. The lowest BCUT2D eigenvalue weighted by Gasteiger charge is -2.25. The van der Waals surface area contributed by atoms with Gasteiger partial charge < -0.3 is 10.2 Å². The minimum Gasteiger partial charge on any atom is -0.386 e. The summed E-state index contributed by atoms with van der Waals surface area (Å²) in [4.78, 5) is 0. The van der Waals surface area contributed by atoms with E-state index in [4.69, 9.17) is 0 Å². The maximum Gasteiger partial charge on any atom is 0.110 e. The van der Waals surface area contributed by atoms with Gasteiger partial charge in [0.15, 0.2) is 0 Å². The molecule has 2 aliphatic carbocycles. The maximum atomic E-state index is 10.7. The Balaban J connectivity index is 1.91. The molecule has 4 aromatic rings. The van der Waals surface area contributed by atoms with Gasteiger partial charge in [-0.15, -0.1) is 0 Å². The van der Waals surface area contributed by atoms with E-state index in [1.54, 1.807) is 6.08 Å². The van der Waals surface area contributed by atoms with E-state index in [1.807, 2.05) is 12.1 Å². The molecule has 0 bridgehead atoms. The topological polar surface area (TPSA) is 40.5 Å².